The standard InChI is InChI=1S/C13H14ClN3O2/c14-11-6-9(3-4-15-11)7-16-8-12(18)17-5-1-2-10(17)13(16)19/h3-4,6,10H,1-2,5,7-8H2. The van der Waals surface area contributed by atoms with Gasteiger partial charge in [-0.15, -0.1) is 0 Å². The van der Waals surface area contributed by atoms with Gasteiger partial charge in [-0.2, -0.15) is 0 Å². The minimum absolute atomic E-state index is 0.0438. The summed E-state index contributed by atoms with van der Waals surface area (Å²) in [6.07, 6.45) is 3.30. The molecule has 1 aromatic rings. The third-order valence-corrected chi connectivity index (χ3v) is 3.87. The number of amides is 2. The predicted octanol–water partition coefficient (Wildman–Crippen LogP) is 1.07. The SMILES string of the molecule is O=C1C2CCCN2C(=O)CN1Cc1ccnc(Cl)c1. The maximum absolute atomic E-state index is 12.3. The summed E-state index contributed by atoms with van der Waals surface area (Å²) in [7, 11) is 0. The summed E-state index contributed by atoms with van der Waals surface area (Å²) in [4.78, 5) is 31.5. The number of piperazine rings is 1. The van der Waals surface area contributed by atoms with Crippen LogP contribution in [0.4, 0.5) is 0 Å². The monoisotopic (exact) mass is 279 g/mol. The fourth-order valence-corrected chi connectivity index (χ4v) is 2.96. The summed E-state index contributed by atoms with van der Waals surface area (Å²) in [5.74, 6) is 0.0901. The highest BCUT2D eigenvalue weighted by atomic mass is 35.5. The molecular weight excluding hydrogens is 266 g/mol. The van der Waals surface area contributed by atoms with E-state index in [2.05, 4.69) is 4.98 Å². The second-order valence-corrected chi connectivity index (χ2v) is 5.31. The quantitative estimate of drug-likeness (QED) is 0.761. The van der Waals surface area contributed by atoms with E-state index < -0.39 is 0 Å². The molecule has 5 nitrogen and oxygen atoms in total. The van der Waals surface area contributed by atoms with E-state index in [-0.39, 0.29) is 24.4 Å². The molecule has 1 atom stereocenters. The Morgan fingerprint density at radius 2 is 2.26 bits per heavy atom. The fraction of sp³-hybridized carbons (Fsp3) is 0.462. The molecule has 3 rings (SSSR count). The van der Waals surface area contributed by atoms with Crippen molar-refractivity contribution < 1.29 is 9.59 Å². The Labute approximate surface area is 116 Å². The first-order valence-corrected chi connectivity index (χ1v) is 6.71. The van der Waals surface area contributed by atoms with Gasteiger partial charge in [0.1, 0.15) is 17.7 Å². The van der Waals surface area contributed by atoms with E-state index in [0.717, 1.165) is 18.4 Å². The van der Waals surface area contributed by atoms with Crippen molar-refractivity contribution in [1.82, 2.24) is 14.8 Å². The molecule has 1 unspecified atom stereocenters. The topological polar surface area (TPSA) is 53.5 Å². The van der Waals surface area contributed by atoms with E-state index in [1.807, 2.05) is 6.07 Å². The zero-order chi connectivity index (χ0) is 13.4. The van der Waals surface area contributed by atoms with Crippen LogP contribution in [-0.4, -0.2) is 45.7 Å². The summed E-state index contributed by atoms with van der Waals surface area (Å²) in [6.45, 7) is 1.29. The molecule has 0 saturated carbocycles. The summed E-state index contributed by atoms with van der Waals surface area (Å²) in [5.41, 5.74) is 0.896. The van der Waals surface area contributed by atoms with Gasteiger partial charge in [0.2, 0.25) is 11.8 Å². The second kappa shape index (κ2) is 4.81. The van der Waals surface area contributed by atoms with Gasteiger partial charge in [0.25, 0.3) is 0 Å². The average Bonchev–Trinajstić information content (AvgIpc) is 2.85. The Morgan fingerprint density at radius 1 is 1.42 bits per heavy atom. The van der Waals surface area contributed by atoms with Crippen LogP contribution in [0.25, 0.3) is 0 Å². The number of aromatic nitrogens is 1. The zero-order valence-electron chi connectivity index (χ0n) is 10.4. The molecule has 2 saturated heterocycles. The lowest BCUT2D eigenvalue weighted by Crippen LogP contribution is -2.56. The molecule has 2 aliphatic heterocycles. The van der Waals surface area contributed by atoms with E-state index in [1.165, 1.54) is 0 Å². The third kappa shape index (κ3) is 2.30. The third-order valence-electron chi connectivity index (χ3n) is 3.66. The van der Waals surface area contributed by atoms with Crippen molar-refractivity contribution in [3.63, 3.8) is 0 Å². The summed E-state index contributed by atoms with van der Waals surface area (Å²) in [6, 6.07) is 3.28. The fourth-order valence-electron chi connectivity index (χ4n) is 2.76. The van der Waals surface area contributed by atoms with Crippen LogP contribution >= 0.6 is 11.6 Å². The minimum atomic E-state index is -0.251. The van der Waals surface area contributed by atoms with E-state index in [1.54, 1.807) is 22.1 Å². The number of pyridine rings is 1. The maximum Gasteiger partial charge on any atom is 0.246 e. The van der Waals surface area contributed by atoms with Crippen LogP contribution in [0.5, 0.6) is 0 Å². The van der Waals surface area contributed by atoms with Crippen LogP contribution in [0.15, 0.2) is 18.3 Å². The highest BCUT2D eigenvalue weighted by Crippen LogP contribution is 2.24. The van der Waals surface area contributed by atoms with E-state index in [9.17, 15) is 9.59 Å². The van der Waals surface area contributed by atoms with Gasteiger partial charge in [-0.1, -0.05) is 11.6 Å². The summed E-state index contributed by atoms with van der Waals surface area (Å²) in [5, 5.41) is 0.399. The molecule has 0 N–H and O–H groups in total. The van der Waals surface area contributed by atoms with Gasteiger partial charge in [0.05, 0.1) is 0 Å². The zero-order valence-corrected chi connectivity index (χ0v) is 11.1. The van der Waals surface area contributed by atoms with Crippen molar-refractivity contribution in [3.8, 4) is 0 Å². The van der Waals surface area contributed by atoms with Gasteiger partial charge in [-0.25, -0.2) is 4.98 Å². The number of carbonyl (C=O) groups excluding carboxylic acids is 2. The number of carbonyl (C=O) groups is 2. The van der Waals surface area contributed by atoms with Crippen LogP contribution in [0.2, 0.25) is 5.15 Å². The molecule has 0 bridgehead atoms. The van der Waals surface area contributed by atoms with Crippen molar-refractivity contribution in [1.29, 1.82) is 0 Å². The molecule has 19 heavy (non-hydrogen) atoms. The molecule has 2 amide bonds. The number of rotatable bonds is 2. The Morgan fingerprint density at radius 3 is 3.05 bits per heavy atom. The van der Waals surface area contributed by atoms with Gasteiger partial charge in [-0.05, 0) is 30.5 Å². The Balaban J connectivity index is 1.78. The number of hydrogen-bond donors (Lipinski definition) is 0. The normalized spacial score (nSPS) is 22.9. The molecule has 0 aliphatic carbocycles. The lowest BCUT2D eigenvalue weighted by atomic mass is 10.1. The lowest BCUT2D eigenvalue weighted by Gasteiger charge is -2.36. The van der Waals surface area contributed by atoms with Crippen molar-refractivity contribution >= 4 is 23.4 Å². The number of halogens is 1. The Kier molecular flexibility index (Phi) is 3.14. The van der Waals surface area contributed by atoms with Gasteiger partial charge < -0.3 is 9.80 Å². The van der Waals surface area contributed by atoms with Crippen LogP contribution < -0.4 is 0 Å². The van der Waals surface area contributed by atoms with Crippen LogP contribution in [0.1, 0.15) is 18.4 Å². The molecule has 2 aliphatic rings. The van der Waals surface area contributed by atoms with Crippen molar-refractivity contribution in [2.45, 2.75) is 25.4 Å². The predicted molar refractivity (Wildman–Crippen MR) is 69.4 cm³/mol. The first-order valence-electron chi connectivity index (χ1n) is 6.34. The summed E-state index contributed by atoms with van der Waals surface area (Å²) >= 11 is 5.83. The van der Waals surface area contributed by atoms with E-state index in [0.29, 0.717) is 18.2 Å². The largest absolute Gasteiger partial charge is 0.329 e. The number of nitrogens with zero attached hydrogens (tertiary/aromatic N) is 3. The minimum Gasteiger partial charge on any atom is -0.329 e. The molecule has 2 fully saturated rings. The van der Waals surface area contributed by atoms with Crippen molar-refractivity contribution in [2.75, 3.05) is 13.1 Å². The first kappa shape index (κ1) is 12.4. The molecule has 0 radical (unpaired) electrons. The van der Waals surface area contributed by atoms with Crippen LogP contribution in [-0.2, 0) is 16.1 Å². The molecule has 6 heteroatoms. The average molecular weight is 280 g/mol. The molecule has 3 heterocycles. The molecule has 1 aromatic heterocycles. The molecule has 100 valence electrons. The first-order chi connectivity index (χ1) is 9.15. The lowest BCUT2D eigenvalue weighted by molar-refractivity contribution is -0.154. The van der Waals surface area contributed by atoms with Gasteiger partial charge in [0.15, 0.2) is 0 Å². The van der Waals surface area contributed by atoms with E-state index >= 15 is 0 Å². The molecular formula is C13H14ClN3O2. The van der Waals surface area contributed by atoms with Crippen molar-refractivity contribution in [3.05, 3.63) is 29.0 Å². The number of hydrogen-bond acceptors (Lipinski definition) is 3. The molecule has 0 aromatic carbocycles. The van der Waals surface area contributed by atoms with Crippen molar-refractivity contribution in [2.24, 2.45) is 0 Å². The van der Waals surface area contributed by atoms with Gasteiger partial charge in [-0.3, -0.25) is 9.59 Å². The van der Waals surface area contributed by atoms with Crippen LogP contribution in [0, 0.1) is 0 Å². The Hall–Kier alpha value is -1.62. The Bertz CT molecular complexity index is 534. The highest BCUT2D eigenvalue weighted by Gasteiger charge is 2.41. The second-order valence-electron chi connectivity index (χ2n) is 4.93. The smallest absolute Gasteiger partial charge is 0.246 e. The maximum atomic E-state index is 12.3. The summed E-state index contributed by atoms with van der Waals surface area (Å²) < 4.78 is 0. The number of fused-ring (bicyclic) bond motifs is 1. The molecule has 0 spiro atoms. The van der Waals surface area contributed by atoms with Gasteiger partial charge >= 0.3 is 0 Å². The van der Waals surface area contributed by atoms with Crippen LogP contribution in [0.3, 0.4) is 0 Å². The van der Waals surface area contributed by atoms with Gasteiger partial charge in [0, 0.05) is 19.3 Å². The van der Waals surface area contributed by atoms with E-state index in [4.69, 9.17) is 11.6 Å². The highest BCUT2D eigenvalue weighted by molar-refractivity contribution is 6.29.